The summed E-state index contributed by atoms with van der Waals surface area (Å²) in [6, 6.07) is -0.183. The van der Waals surface area contributed by atoms with Crippen molar-refractivity contribution in [3.05, 3.63) is 0 Å². The molecule has 0 amide bonds. The highest BCUT2D eigenvalue weighted by Gasteiger charge is 2.43. The maximum atomic E-state index is 5.92. The molecular formula is C9H20N2O3. The van der Waals surface area contributed by atoms with Gasteiger partial charge in [-0.25, -0.2) is 0 Å². The second kappa shape index (κ2) is 5.04. The van der Waals surface area contributed by atoms with Crippen molar-refractivity contribution in [2.45, 2.75) is 36.8 Å². The first kappa shape index (κ1) is 11.9. The molecule has 1 saturated carbocycles. The minimum Gasteiger partial charge on any atom is -0.377 e. The first-order valence-electron chi connectivity index (χ1n) is 4.75. The Kier molecular flexibility index (Phi) is 4.28. The summed E-state index contributed by atoms with van der Waals surface area (Å²) in [6.45, 7) is 0. The Labute approximate surface area is 84.7 Å². The third-order valence-corrected chi connectivity index (χ3v) is 2.85. The van der Waals surface area contributed by atoms with Gasteiger partial charge >= 0.3 is 0 Å². The standard InChI is InChI=1S/C9H20N2O3/c1-12-7-5(10)4-6(11)8(13-2)9(7)14-3/h5-9H,4,10-11H2,1-3H3/t5-,6+,7+,8-,9?. The van der Waals surface area contributed by atoms with E-state index in [0.29, 0.717) is 6.42 Å². The summed E-state index contributed by atoms with van der Waals surface area (Å²) in [5, 5.41) is 0. The van der Waals surface area contributed by atoms with E-state index in [9.17, 15) is 0 Å². The second-order valence-corrected chi connectivity index (χ2v) is 3.66. The van der Waals surface area contributed by atoms with Crippen molar-refractivity contribution < 1.29 is 14.2 Å². The Morgan fingerprint density at radius 2 is 1.14 bits per heavy atom. The SMILES string of the molecule is COC1[C@@H](OC)[C@H](N)C[C@H](N)[C@H]1OC. The molecule has 5 heteroatoms. The van der Waals surface area contributed by atoms with Gasteiger partial charge in [0.05, 0.1) is 0 Å². The van der Waals surface area contributed by atoms with E-state index in [1.165, 1.54) is 0 Å². The summed E-state index contributed by atoms with van der Waals surface area (Å²) in [7, 11) is 4.87. The molecule has 5 nitrogen and oxygen atoms in total. The lowest BCUT2D eigenvalue weighted by atomic mass is 9.84. The van der Waals surface area contributed by atoms with Crippen LogP contribution < -0.4 is 11.5 Å². The fourth-order valence-electron chi connectivity index (χ4n) is 2.14. The highest BCUT2D eigenvalue weighted by molar-refractivity contribution is 4.98. The number of hydrogen-bond donors (Lipinski definition) is 2. The number of methoxy groups -OCH3 is 3. The van der Waals surface area contributed by atoms with Crippen LogP contribution in [0.25, 0.3) is 0 Å². The molecule has 0 heterocycles. The molecule has 0 aromatic rings. The van der Waals surface area contributed by atoms with Crippen LogP contribution in [-0.2, 0) is 14.2 Å². The molecule has 1 aliphatic carbocycles. The van der Waals surface area contributed by atoms with E-state index < -0.39 is 0 Å². The van der Waals surface area contributed by atoms with E-state index in [0.717, 1.165) is 0 Å². The molecule has 1 fully saturated rings. The van der Waals surface area contributed by atoms with E-state index in [2.05, 4.69) is 0 Å². The van der Waals surface area contributed by atoms with Gasteiger partial charge in [-0.1, -0.05) is 0 Å². The van der Waals surface area contributed by atoms with Crippen LogP contribution in [0.15, 0.2) is 0 Å². The third kappa shape index (κ3) is 2.07. The molecule has 4 N–H and O–H groups in total. The molecular weight excluding hydrogens is 184 g/mol. The quantitative estimate of drug-likeness (QED) is 0.622. The molecule has 84 valence electrons. The van der Waals surface area contributed by atoms with Gasteiger partial charge in [0.25, 0.3) is 0 Å². The van der Waals surface area contributed by atoms with E-state index >= 15 is 0 Å². The summed E-state index contributed by atoms with van der Waals surface area (Å²) < 4.78 is 15.9. The minimum absolute atomic E-state index is 0.0913. The van der Waals surface area contributed by atoms with Crippen molar-refractivity contribution in [1.82, 2.24) is 0 Å². The van der Waals surface area contributed by atoms with Crippen molar-refractivity contribution in [1.29, 1.82) is 0 Å². The lowest BCUT2D eigenvalue weighted by molar-refractivity contribution is -0.141. The van der Waals surface area contributed by atoms with Crippen molar-refractivity contribution in [2.24, 2.45) is 11.5 Å². The lowest BCUT2D eigenvalue weighted by Gasteiger charge is -2.42. The van der Waals surface area contributed by atoms with Gasteiger partial charge in [-0.05, 0) is 6.42 Å². The Morgan fingerprint density at radius 1 is 0.786 bits per heavy atom. The molecule has 14 heavy (non-hydrogen) atoms. The van der Waals surface area contributed by atoms with Gasteiger partial charge in [0.1, 0.15) is 18.3 Å². The van der Waals surface area contributed by atoms with E-state index in [-0.39, 0.29) is 30.4 Å². The molecule has 0 saturated heterocycles. The molecule has 0 bridgehead atoms. The molecule has 0 aliphatic heterocycles. The topological polar surface area (TPSA) is 79.7 Å². The van der Waals surface area contributed by atoms with Crippen LogP contribution in [0.2, 0.25) is 0 Å². The molecule has 0 spiro atoms. The van der Waals surface area contributed by atoms with Crippen LogP contribution in [0.4, 0.5) is 0 Å². The molecule has 0 aromatic carbocycles. The Bertz CT molecular complexity index is 163. The summed E-state index contributed by atoms with van der Waals surface area (Å²) in [4.78, 5) is 0. The maximum absolute atomic E-state index is 5.92. The smallest absolute Gasteiger partial charge is 0.112 e. The average molecular weight is 204 g/mol. The Morgan fingerprint density at radius 3 is 1.43 bits per heavy atom. The highest BCUT2D eigenvalue weighted by Crippen LogP contribution is 2.24. The zero-order valence-corrected chi connectivity index (χ0v) is 8.97. The van der Waals surface area contributed by atoms with Gasteiger partial charge in [-0.2, -0.15) is 0 Å². The average Bonchev–Trinajstić information content (AvgIpc) is 2.16. The first-order valence-corrected chi connectivity index (χ1v) is 4.75. The summed E-state index contributed by atoms with van der Waals surface area (Å²) in [5.41, 5.74) is 11.8. The van der Waals surface area contributed by atoms with Crippen LogP contribution >= 0.6 is 0 Å². The maximum Gasteiger partial charge on any atom is 0.112 e. The Hall–Kier alpha value is -0.200. The predicted octanol–water partition coefficient (Wildman–Crippen LogP) is -0.910. The van der Waals surface area contributed by atoms with Crippen LogP contribution in [0.1, 0.15) is 6.42 Å². The molecule has 5 atom stereocenters. The molecule has 1 aliphatic rings. The Balaban J connectivity index is 2.76. The van der Waals surface area contributed by atoms with Crippen LogP contribution in [0, 0.1) is 0 Å². The van der Waals surface area contributed by atoms with Gasteiger partial charge in [-0.3, -0.25) is 0 Å². The second-order valence-electron chi connectivity index (χ2n) is 3.66. The van der Waals surface area contributed by atoms with Gasteiger partial charge in [0.2, 0.25) is 0 Å². The van der Waals surface area contributed by atoms with Crippen molar-refractivity contribution >= 4 is 0 Å². The van der Waals surface area contributed by atoms with Gasteiger partial charge in [0.15, 0.2) is 0 Å². The van der Waals surface area contributed by atoms with Crippen LogP contribution in [0.5, 0.6) is 0 Å². The third-order valence-electron chi connectivity index (χ3n) is 2.85. The van der Waals surface area contributed by atoms with Crippen molar-refractivity contribution in [3.63, 3.8) is 0 Å². The monoisotopic (exact) mass is 204 g/mol. The zero-order chi connectivity index (χ0) is 10.7. The number of hydrogen-bond acceptors (Lipinski definition) is 5. The molecule has 0 radical (unpaired) electrons. The highest BCUT2D eigenvalue weighted by atomic mass is 16.6. The fraction of sp³-hybridized carbons (Fsp3) is 1.00. The van der Waals surface area contributed by atoms with E-state index in [1.807, 2.05) is 0 Å². The number of nitrogens with two attached hydrogens (primary N) is 2. The minimum atomic E-state index is -0.191. The molecule has 0 aromatic heterocycles. The number of ether oxygens (including phenoxy) is 3. The van der Waals surface area contributed by atoms with E-state index in [4.69, 9.17) is 25.7 Å². The fourth-order valence-corrected chi connectivity index (χ4v) is 2.14. The molecule has 1 unspecified atom stereocenters. The van der Waals surface area contributed by atoms with Gasteiger partial charge in [0, 0.05) is 33.4 Å². The van der Waals surface area contributed by atoms with Crippen LogP contribution in [-0.4, -0.2) is 51.7 Å². The number of rotatable bonds is 3. The first-order chi connectivity index (χ1) is 6.65. The summed E-state index contributed by atoms with van der Waals surface area (Å²) >= 11 is 0. The van der Waals surface area contributed by atoms with E-state index in [1.54, 1.807) is 21.3 Å². The largest absolute Gasteiger partial charge is 0.377 e. The summed E-state index contributed by atoms with van der Waals surface area (Å²) in [6.07, 6.45) is 0.204. The van der Waals surface area contributed by atoms with Crippen molar-refractivity contribution in [2.75, 3.05) is 21.3 Å². The predicted molar refractivity (Wildman–Crippen MR) is 53.0 cm³/mol. The summed E-state index contributed by atoms with van der Waals surface area (Å²) in [5.74, 6) is 0. The van der Waals surface area contributed by atoms with Crippen LogP contribution in [0.3, 0.4) is 0 Å². The normalized spacial score (nSPS) is 43.9. The van der Waals surface area contributed by atoms with Gasteiger partial charge < -0.3 is 25.7 Å². The molecule has 1 rings (SSSR count). The zero-order valence-electron chi connectivity index (χ0n) is 8.97. The van der Waals surface area contributed by atoms with Gasteiger partial charge in [-0.15, -0.1) is 0 Å². The lowest BCUT2D eigenvalue weighted by Crippen LogP contribution is -2.62. The van der Waals surface area contributed by atoms with Crippen molar-refractivity contribution in [3.8, 4) is 0 Å².